The molecule has 0 N–H and O–H groups in total. The van der Waals surface area contributed by atoms with Crippen molar-refractivity contribution in [3.8, 4) is 11.2 Å². The number of benzene rings is 1. The third kappa shape index (κ3) is 4.16. The largest absolute Gasteiger partial charge is 0.493 e. The second-order valence-corrected chi connectivity index (χ2v) is 5.44. The Labute approximate surface area is 102 Å². The van der Waals surface area contributed by atoms with Crippen LogP contribution in [0.2, 0.25) is 0 Å². The molecule has 0 atom stereocenters. The lowest BCUT2D eigenvalue weighted by atomic mass is 9.87. The normalized spacial score (nSPS) is 10.9. The Kier molecular flexibility index (Phi) is 4.70. The molecule has 0 saturated carbocycles. The van der Waals surface area contributed by atoms with Gasteiger partial charge in [-0.1, -0.05) is 32.9 Å². The smallest absolute Gasteiger partial charge is 0.133 e. The maximum Gasteiger partial charge on any atom is 0.133 e. The molecule has 0 saturated heterocycles. The maximum absolute atomic E-state index is 8.35. The lowest BCUT2D eigenvalue weighted by molar-refractivity contribution is 0.344. The van der Waals surface area contributed by atoms with E-state index in [2.05, 4.69) is 32.9 Å². The monoisotopic (exact) mass is 235 g/mol. The zero-order valence-corrected chi connectivity index (χ0v) is 10.8. The summed E-state index contributed by atoms with van der Waals surface area (Å²) < 4.78 is 5.50. The summed E-state index contributed by atoms with van der Waals surface area (Å²) in [5.41, 5.74) is 1.47. The second-order valence-electron chi connectivity index (χ2n) is 4.56. The van der Waals surface area contributed by atoms with Gasteiger partial charge in [0.05, 0.1) is 6.61 Å². The van der Waals surface area contributed by atoms with Gasteiger partial charge in [0.1, 0.15) is 11.2 Å². The van der Waals surface area contributed by atoms with E-state index in [0.29, 0.717) is 12.4 Å². The molecule has 0 unspecified atom stereocenters. The fraction of sp³-hybridized carbons (Fsp3) is 0.462. The fourth-order valence-corrected chi connectivity index (χ4v) is 1.56. The zero-order chi connectivity index (χ0) is 12.0. The van der Waals surface area contributed by atoms with Crippen LogP contribution in [0.1, 0.15) is 26.3 Å². The van der Waals surface area contributed by atoms with Crippen LogP contribution >= 0.6 is 11.8 Å². The minimum absolute atomic E-state index is 0.176. The predicted molar refractivity (Wildman–Crippen MR) is 68.7 cm³/mol. The molecule has 0 amide bonds. The standard InChI is InChI=1S/C13H17NOS/c1-13(2,3)11-4-6-12(7-5-11)15-8-9-16-10-14/h4-7H,8-9H2,1-3H3. The van der Waals surface area contributed by atoms with E-state index in [0.717, 1.165) is 5.75 Å². The molecule has 16 heavy (non-hydrogen) atoms. The highest BCUT2D eigenvalue weighted by Gasteiger charge is 2.12. The van der Waals surface area contributed by atoms with Crippen LogP contribution in [0.3, 0.4) is 0 Å². The summed E-state index contributed by atoms with van der Waals surface area (Å²) in [5.74, 6) is 1.57. The summed E-state index contributed by atoms with van der Waals surface area (Å²) in [5, 5.41) is 10.4. The quantitative estimate of drug-likeness (QED) is 0.590. The summed E-state index contributed by atoms with van der Waals surface area (Å²) in [7, 11) is 0. The fourth-order valence-electron chi connectivity index (χ4n) is 1.30. The van der Waals surface area contributed by atoms with Gasteiger partial charge in [0.15, 0.2) is 0 Å². The number of nitriles is 1. The summed E-state index contributed by atoms with van der Waals surface area (Å²) in [6.07, 6.45) is 0. The maximum atomic E-state index is 8.35. The highest BCUT2D eigenvalue weighted by molar-refractivity contribution is 8.03. The van der Waals surface area contributed by atoms with Crippen LogP contribution in [-0.2, 0) is 5.41 Å². The Balaban J connectivity index is 2.49. The van der Waals surface area contributed by atoms with E-state index in [9.17, 15) is 0 Å². The summed E-state index contributed by atoms with van der Waals surface area (Å²) >= 11 is 1.22. The van der Waals surface area contributed by atoms with Crippen LogP contribution < -0.4 is 4.74 Å². The molecule has 0 aliphatic carbocycles. The van der Waals surface area contributed by atoms with Crippen molar-refractivity contribution < 1.29 is 4.74 Å². The Morgan fingerprint density at radius 3 is 2.38 bits per heavy atom. The Morgan fingerprint density at radius 2 is 1.88 bits per heavy atom. The van der Waals surface area contributed by atoms with Gasteiger partial charge in [0.25, 0.3) is 0 Å². The van der Waals surface area contributed by atoms with Gasteiger partial charge in [-0.15, -0.1) is 0 Å². The first kappa shape index (κ1) is 12.9. The van der Waals surface area contributed by atoms with E-state index in [1.165, 1.54) is 17.3 Å². The Bertz CT molecular complexity index is 359. The Hall–Kier alpha value is -1.14. The first-order valence-electron chi connectivity index (χ1n) is 5.28. The van der Waals surface area contributed by atoms with Gasteiger partial charge in [-0.25, -0.2) is 0 Å². The molecule has 3 heteroatoms. The second kappa shape index (κ2) is 5.81. The van der Waals surface area contributed by atoms with Crippen molar-refractivity contribution in [3.05, 3.63) is 29.8 Å². The number of hydrogen-bond donors (Lipinski definition) is 0. The van der Waals surface area contributed by atoms with Crippen LogP contribution in [-0.4, -0.2) is 12.4 Å². The van der Waals surface area contributed by atoms with Crippen LogP contribution in [0, 0.1) is 10.7 Å². The van der Waals surface area contributed by atoms with Gasteiger partial charge in [-0.05, 0) is 34.9 Å². The minimum Gasteiger partial charge on any atom is -0.493 e. The summed E-state index contributed by atoms with van der Waals surface area (Å²) in [6, 6.07) is 8.15. The van der Waals surface area contributed by atoms with Gasteiger partial charge >= 0.3 is 0 Å². The van der Waals surface area contributed by atoms with E-state index in [-0.39, 0.29) is 5.41 Å². The molecule has 86 valence electrons. The number of hydrogen-bond acceptors (Lipinski definition) is 3. The molecule has 2 nitrogen and oxygen atoms in total. The van der Waals surface area contributed by atoms with Crippen LogP contribution in [0.5, 0.6) is 5.75 Å². The molecular formula is C13H17NOS. The highest BCUT2D eigenvalue weighted by Crippen LogP contribution is 2.24. The van der Waals surface area contributed by atoms with Crippen LogP contribution in [0.4, 0.5) is 0 Å². The van der Waals surface area contributed by atoms with Gasteiger partial charge in [0, 0.05) is 5.75 Å². The van der Waals surface area contributed by atoms with E-state index in [1.807, 2.05) is 17.5 Å². The highest BCUT2D eigenvalue weighted by atomic mass is 32.2. The molecule has 0 spiro atoms. The molecule has 1 aromatic rings. The number of thioether (sulfide) groups is 1. The molecule has 0 aliphatic rings. The molecule has 0 heterocycles. The van der Waals surface area contributed by atoms with E-state index in [1.54, 1.807) is 0 Å². The van der Waals surface area contributed by atoms with Gasteiger partial charge in [0.2, 0.25) is 0 Å². The summed E-state index contributed by atoms with van der Waals surface area (Å²) in [6.45, 7) is 7.14. The van der Waals surface area contributed by atoms with Crippen molar-refractivity contribution in [2.75, 3.05) is 12.4 Å². The number of thiocyanates is 1. The predicted octanol–water partition coefficient (Wildman–Crippen LogP) is 3.58. The van der Waals surface area contributed by atoms with E-state index < -0.39 is 0 Å². The van der Waals surface area contributed by atoms with Crippen molar-refractivity contribution in [1.29, 1.82) is 5.26 Å². The minimum atomic E-state index is 0.176. The van der Waals surface area contributed by atoms with Crippen LogP contribution in [0.25, 0.3) is 0 Å². The average molecular weight is 235 g/mol. The number of nitrogens with zero attached hydrogens (tertiary/aromatic N) is 1. The number of ether oxygens (including phenoxy) is 1. The van der Waals surface area contributed by atoms with Crippen molar-refractivity contribution in [3.63, 3.8) is 0 Å². The molecule has 0 aliphatic heterocycles. The SMILES string of the molecule is CC(C)(C)c1ccc(OCCSC#N)cc1. The van der Waals surface area contributed by atoms with Gasteiger partial charge in [-0.3, -0.25) is 0 Å². The molecule has 0 aromatic heterocycles. The van der Waals surface area contributed by atoms with Gasteiger partial charge in [-0.2, -0.15) is 5.26 Å². The molecule has 0 radical (unpaired) electrons. The van der Waals surface area contributed by atoms with E-state index >= 15 is 0 Å². The average Bonchev–Trinajstić information content (AvgIpc) is 2.24. The van der Waals surface area contributed by atoms with Crippen LogP contribution in [0.15, 0.2) is 24.3 Å². The van der Waals surface area contributed by atoms with Crippen molar-refractivity contribution in [1.82, 2.24) is 0 Å². The topological polar surface area (TPSA) is 33.0 Å². The number of rotatable bonds is 4. The van der Waals surface area contributed by atoms with Crippen molar-refractivity contribution >= 4 is 11.8 Å². The summed E-state index contributed by atoms with van der Waals surface area (Å²) in [4.78, 5) is 0. The molecule has 0 bridgehead atoms. The Morgan fingerprint density at radius 1 is 1.25 bits per heavy atom. The lowest BCUT2D eigenvalue weighted by Crippen LogP contribution is -2.10. The van der Waals surface area contributed by atoms with Crippen molar-refractivity contribution in [2.45, 2.75) is 26.2 Å². The molecular weight excluding hydrogens is 218 g/mol. The zero-order valence-electron chi connectivity index (χ0n) is 9.99. The first-order chi connectivity index (χ1) is 7.54. The van der Waals surface area contributed by atoms with Gasteiger partial charge < -0.3 is 4.74 Å². The van der Waals surface area contributed by atoms with Crippen molar-refractivity contribution in [2.24, 2.45) is 0 Å². The molecule has 1 rings (SSSR count). The lowest BCUT2D eigenvalue weighted by Gasteiger charge is -2.19. The molecule has 0 fully saturated rings. The third-order valence-electron chi connectivity index (χ3n) is 2.24. The third-order valence-corrected chi connectivity index (χ3v) is 2.74. The van der Waals surface area contributed by atoms with E-state index in [4.69, 9.17) is 10.00 Å². The first-order valence-corrected chi connectivity index (χ1v) is 6.27. The molecule has 1 aromatic carbocycles.